The van der Waals surface area contributed by atoms with Crippen LogP contribution in [0.25, 0.3) is 38.8 Å². The van der Waals surface area contributed by atoms with E-state index in [9.17, 15) is 18.0 Å². The largest absolute Gasteiger partial charge is 0.366 e. The Labute approximate surface area is 195 Å². The van der Waals surface area contributed by atoms with Crippen molar-refractivity contribution in [3.63, 3.8) is 0 Å². The molecule has 1 aliphatic rings. The molecule has 0 atom stereocenters. The second-order valence-electron chi connectivity index (χ2n) is 8.38. The van der Waals surface area contributed by atoms with E-state index in [1.165, 1.54) is 30.5 Å². The van der Waals surface area contributed by atoms with E-state index in [2.05, 4.69) is 15.0 Å². The van der Waals surface area contributed by atoms with E-state index in [-0.39, 0.29) is 44.7 Å². The Morgan fingerprint density at radius 3 is 2.43 bits per heavy atom. The molecule has 1 amide bonds. The number of aromatic nitrogens is 4. The molecule has 174 valence electrons. The number of nitrogens with two attached hydrogens (primary N) is 1. The van der Waals surface area contributed by atoms with Crippen molar-refractivity contribution in [1.29, 1.82) is 0 Å². The number of primary amides is 1. The van der Waals surface area contributed by atoms with E-state index in [0.29, 0.717) is 11.3 Å². The van der Waals surface area contributed by atoms with Gasteiger partial charge in [0.25, 0.3) is 5.91 Å². The van der Waals surface area contributed by atoms with Crippen LogP contribution in [-0.2, 0) is 0 Å². The fraction of sp³-hybridized carbons (Fsp3) is 0.120. The summed E-state index contributed by atoms with van der Waals surface area (Å²) in [6, 6.07) is 7.63. The molecule has 2 N–H and O–H groups in total. The number of carbonyl (C=O) groups excluding carboxylic acids is 1. The molecule has 6 nitrogen and oxygen atoms in total. The number of rotatable bonds is 4. The third-order valence-electron chi connectivity index (χ3n) is 6.16. The first kappa shape index (κ1) is 21.2. The van der Waals surface area contributed by atoms with Gasteiger partial charge in [0.2, 0.25) is 5.95 Å². The minimum atomic E-state index is -1.30. The van der Waals surface area contributed by atoms with Gasteiger partial charge >= 0.3 is 0 Å². The molecule has 1 aliphatic carbocycles. The molecule has 3 aromatic heterocycles. The lowest BCUT2D eigenvalue weighted by Crippen LogP contribution is -2.12. The van der Waals surface area contributed by atoms with Gasteiger partial charge in [-0.25, -0.2) is 23.1 Å². The van der Waals surface area contributed by atoms with Gasteiger partial charge in [0.15, 0.2) is 5.82 Å². The van der Waals surface area contributed by atoms with E-state index >= 15 is 4.39 Å². The van der Waals surface area contributed by atoms with Crippen LogP contribution in [0.4, 0.5) is 17.6 Å². The molecule has 0 bridgehead atoms. The highest BCUT2D eigenvalue weighted by atomic mass is 19.2. The molecular weight excluding hydrogens is 462 g/mol. The van der Waals surface area contributed by atoms with Crippen LogP contribution in [0.2, 0.25) is 0 Å². The SMILES string of the molecule is NC(=O)c1cc(-c2ccnc(F)c2F)cc2c1nc(C1CC1)n2-c1ccnc2c(F)ccc(F)c12. The lowest BCUT2D eigenvalue weighted by atomic mass is 10.0. The minimum absolute atomic E-state index is 0.0141. The third kappa shape index (κ3) is 3.24. The van der Waals surface area contributed by atoms with E-state index in [0.717, 1.165) is 31.2 Å². The maximum atomic E-state index is 15.0. The Kier molecular flexibility index (Phi) is 4.60. The number of nitrogens with zero attached hydrogens (tertiary/aromatic N) is 4. The predicted molar refractivity (Wildman–Crippen MR) is 120 cm³/mol. The molecule has 1 fully saturated rings. The summed E-state index contributed by atoms with van der Waals surface area (Å²) in [6.45, 7) is 0. The van der Waals surface area contributed by atoms with Gasteiger partial charge in [-0.1, -0.05) is 0 Å². The Hall–Kier alpha value is -4.34. The van der Waals surface area contributed by atoms with Gasteiger partial charge in [-0.15, -0.1) is 0 Å². The summed E-state index contributed by atoms with van der Waals surface area (Å²) in [4.78, 5) is 24.3. The molecule has 0 saturated heterocycles. The van der Waals surface area contributed by atoms with Crippen LogP contribution < -0.4 is 5.73 Å². The maximum Gasteiger partial charge on any atom is 0.250 e. The zero-order valence-corrected chi connectivity index (χ0v) is 17.9. The molecule has 3 heterocycles. The first-order chi connectivity index (χ1) is 16.8. The quantitative estimate of drug-likeness (QED) is 0.286. The highest BCUT2D eigenvalue weighted by molar-refractivity contribution is 6.07. The van der Waals surface area contributed by atoms with Crippen molar-refractivity contribution in [2.75, 3.05) is 0 Å². The van der Waals surface area contributed by atoms with Crippen molar-refractivity contribution in [3.05, 3.63) is 83.6 Å². The first-order valence-electron chi connectivity index (χ1n) is 10.7. The zero-order chi connectivity index (χ0) is 24.4. The summed E-state index contributed by atoms with van der Waals surface area (Å²) in [5.74, 6) is -4.17. The van der Waals surface area contributed by atoms with Gasteiger partial charge in [0.05, 0.1) is 22.2 Å². The van der Waals surface area contributed by atoms with Gasteiger partial charge in [-0.2, -0.15) is 4.39 Å². The van der Waals surface area contributed by atoms with Crippen molar-refractivity contribution in [3.8, 4) is 16.8 Å². The number of hydrogen-bond acceptors (Lipinski definition) is 4. The topological polar surface area (TPSA) is 86.7 Å². The highest BCUT2D eigenvalue weighted by Gasteiger charge is 2.32. The Balaban J connectivity index is 1.76. The van der Waals surface area contributed by atoms with Crippen LogP contribution >= 0.6 is 0 Å². The fourth-order valence-electron chi connectivity index (χ4n) is 4.41. The first-order valence-corrected chi connectivity index (χ1v) is 10.7. The Bertz CT molecular complexity index is 1690. The molecule has 2 aromatic carbocycles. The van der Waals surface area contributed by atoms with Crippen LogP contribution in [0.1, 0.15) is 34.9 Å². The smallest absolute Gasteiger partial charge is 0.250 e. The summed E-state index contributed by atoms with van der Waals surface area (Å²) in [7, 11) is 0. The molecule has 10 heteroatoms. The third-order valence-corrected chi connectivity index (χ3v) is 6.16. The number of amides is 1. The van der Waals surface area contributed by atoms with Crippen molar-refractivity contribution in [2.45, 2.75) is 18.8 Å². The van der Waals surface area contributed by atoms with Crippen LogP contribution in [0.15, 0.2) is 48.8 Å². The normalized spacial score (nSPS) is 13.6. The van der Waals surface area contributed by atoms with Gasteiger partial charge in [-0.05, 0) is 54.8 Å². The number of fused-ring (bicyclic) bond motifs is 2. The van der Waals surface area contributed by atoms with Crippen molar-refractivity contribution < 1.29 is 22.4 Å². The summed E-state index contributed by atoms with van der Waals surface area (Å²) in [6.07, 6.45) is 4.07. The molecule has 0 aliphatic heterocycles. The van der Waals surface area contributed by atoms with Crippen LogP contribution in [0.5, 0.6) is 0 Å². The minimum Gasteiger partial charge on any atom is -0.366 e. The van der Waals surface area contributed by atoms with Crippen molar-refractivity contribution in [2.24, 2.45) is 5.73 Å². The summed E-state index contributed by atoms with van der Waals surface area (Å²) < 4.78 is 59.6. The zero-order valence-electron chi connectivity index (χ0n) is 17.9. The number of imidazole rings is 1. The highest BCUT2D eigenvalue weighted by Crippen LogP contribution is 2.44. The summed E-state index contributed by atoms with van der Waals surface area (Å²) in [5, 5.41) is -0.0686. The van der Waals surface area contributed by atoms with Crippen molar-refractivity contribution in [1.82, 2.24) is 19.5 Å². The lowest BCUT2D eigenvalue weighted by Gasteiger charge is -2.14. The molecule has 0 unspecified atom stereocenters. The number of hydrogen-bond donors (Lipinski definition) is 1. The fourth-order valence-corrected chi connectivity index (χ4v) is 4.41. The number of pyridine rings is 2. The summed E-state index contributed by atoms with van der Waals surface area (Å²) in [5.41, 5.74) is 6.25. The second kappa shape index (κ2) is 7.59. The molecule has 6 rings (SSSR count). The van der Waals surface area contributed by atoms with E-state index < -0.39 is 29.3 Å². The van der Waals surface area contributed by atoms with Crippen LogP contribution in [0, 0.1) is 23.4 Å². The second-order valence-corrected chi connectivity index (χ2v) is 8.38. The van der Waals surface area contributed by atoms with Crippen LogP contribution in [-0.4, -0.2) is 25.4 Å². The van der Waals surface area contributed by atoms with Gasteiger partial charge in [0, 0.05) is 23.9 Å². The Morgan fingerprint density at radius 1 is 0.943 bits per heavy atom. The summed E-state index contributed by atoms with van der Waals surface area (Å²) >= 11 is 0. The lowest BCUT2D eigenvalue weighted by molar-refractivity contribution is 0.100. The maximum absolute atomic E-state index is 15.0. The van der Waals surface area contributed by atoms with Gasteiger partial charge in [-0.3, -0.25) is 14.3 Å². The molecule has 5 aromatic rings. The van der Waals surface area contributed by atoms with E-state index in [4.69, 9.17) is 5.73 Å². The number of carbonyl (C=O) groups is 1. The van der Waals surface area contributed by atoms with Crippen molar-refractivity contribution >= 4 is 27.8 Å². The Morgan fingerprint density at radius 2 is 1.69 bits per heavy atom. The standard InChI is InChI=1S/C25H15F4N5O/c26-15-3-4-16(27)22-19(15)17(6-8-31-22)34-18-10-12(13-5-7-32-23(29)20(13)28)9-14(24(30)35)21(18)33-25(34)11-1-2-11/h3-11H,1-2H2,(H2,30,35). The van der Waals surface area contributed by atoms with Crippen LogP contribution in [0.3, 0.4) is 0 Å². The predicted octanol–water partition coefficient (Wildman–Crippen LogP) is 5.17. The van der Waals surface area contributed by atoms with E-state index in [1.54, 1.807) is 4.57 Å². The average molecular weight is 477 g/mol. The number of halogens is 4. The molecular formula is C25H15F4N5O. The van der Waals surface area contributed by atoms with Gasteiger partial charge < -0.3 is 5.73 Å². The van der Waals surface area contributed by atoms with E-state index in [1.807, 2.05) is 0 Å². The number of benzene rings is 2. The molecule has 0 radical (unpaired) electrons. The van der Waals surface area contributed by atoms with Gasteiger partial charge in [0.1, 0.15) is 28.5 Å². The molecule has 1 saturated carbocycles. The molecule has 0 spiro atoms. The monoisotopic (exact) mass is 477 g/mol. The molecule has 35 heavy (non-hydrogen) atoms. The average Bonchev–Trinajstić information content (AvgIpc) is 3.62.